The van der Waals surface area contributed by atoms with E-state index in [1.165, 1.54) is 0 Å². The summed E-state index contributed by atoms with van der Waals surface area (Å²) in [5.41, 5.74) is 6.78. The number of thioether (sulfide) groups is 1. The SMILES string of the molecule is CCSCC(C)NS(=O)(=O)c1n[nH]c(C)c1CN. The van der Waals surface area contributed by atoms with Gasteiger partial charge < -0.3 is 5.73 Å². The highest BCUT2D eigenvalue weighted by molar-refractivity contribution is 7.99. The van der Waals surface area contributed by atoms with Crippen molar-refractivity contribution in [2.75, 3.05) is 11.5 Å². The van der Waals surface area contributed by atoms with Gasteiger partial charge in [-0.05, 0) is 19.6 Å². The van der Waals surface area contributed by atoms with Crippen molar-refractivity contribution in [2.24, 2.45) is 5.73 Å². The van der Waals surface area contributed by atoms with Gasteiger partial charge in [0.05, 0.1) is 0 Å². The summed E-state index contributed by atoms with van der Waals surface area (Å²) < 4.78 is 26.9. The van der Waals surface area contributed by atoms with Gasteiger partial charge in [0.2, 0.25) is 0 Å². The van der Waals surface area contributed by atoms with E-state index in [0.717, 1.165) is 11.5 Å². The molecule has 0 fully saturated rings. The molecule has 0 aliphatic carbocycles. The molecule has 4 N–H and O–H groups in total. The molecule has 0 aliphatic heterocycles. The maximum atomic E-state index is 12.1. The van der Waals surface area contributed by atoms with Crippen LogP contribution in [0.1, 0.15) is 25.1 Å². The smallest absolute Gasteiger partial charge is 0.260 e. The first-order valence-electron chi connectivity index (χ1n) is 5.76. The number of aromatic amines is 1. The summed E-state index contributed by atoms with van der Waals surface area (Å²) in [6.07, 6.45) is 0. The first-order chi connectivity index (χ1) is 8.42. The fourth-order valence-electron chi connectivity index (χ4n) is 1.54. The van der Waals surface area contributed by atoms with Crippen LogP contribution >= 0.6 is 11.8 Å². The summed E-state index contributed by atoms with van der Waals surface area (Å²) in [6, 6.07) is -0.136. The van der Waals surface area contributed by atoms with Gasteiger partial charge in [-0.25, -0.2) is 13.1 Å². The molecule has 1 atom stereocenters. The van der Waals surface area contributed by atoms with Crippen LogP contribution in [0, 0.1) is 6.92 Å². The summed E-state index contributed by atoms with van der Waals surface area (Å²) in [6.45, 7) is 5.78. The zero-order chi connectivity index (χ0) is 13.8. The van der Waals surface area contributed by atoms with Crippen LogP contribution in [0.5, 0.6) is 0 Å². The molecule has 1 aromatic heterocycles. The van der Waals surface area contributed by atoms with Crippen LogP contribution in [0.3, 0.4) is 0 Å². The third-order valence-electron chi connectivity index (χ3n) is 2.42. The van der Waals surface area contributed by atoms with Crippen LogP contribution in [-0.2, 0) is 16.6 Å². The van der Waals surface area contributed by atoms with Gasteiger partial charge in [0.25, 0.3) is 10.0 Å². The van der Waals surface area contributed by atoms with Gasteiger partial charge in [0.1, 0.15) is 0 Å². The van der Waals surface area contributed by atoms with Crippen molar-refractivity contribution in [2.45, 2.75) is 38.4 Å². The molecule has 18 heavy (non-hydrogen) atoms. The molecule has 0 aliphatic rings. The largest absolute Gasteiger partial charge is 0.326 e. The fourth-order valence-corrected chi connectivity index (χ4v) is 3.77. The van der Waals surface area contributed by atoms with E-state index in [9.17, 15) is 8.42 Å². The second-order valence-corrected chi connectivity index (χ2v) is 6.97. The molecule has 1 unspecified atom stereocenters. The van der Waals surface area contributed by atoms with Gasteiger partial charge in [-0.3, -0.25) is 5.10 Å². The zero-order valence-corrected chi connectivity index (χ0v) is 12.5. The van der Waals surface area contributed by atoms with E-state index in [1.807, 2.05) is 13.8 Å². The molecule has 0 radical (unpaired) electrons. The Morgan fingerprint density at radius 1 is 1.56 bits per heavy atom. The molecule has 0 spiro atoms. The molecule has 1 heterocycles. The van der Waals surface area contributed by atoms with E-state index in [4.69, 9.17) is 5.73 Å². The van der Waals surface area contributed by atoms with Crippen molar-refractivity contribution in [1.82, 2.24) is 14.9 Å². The number of H-pyrrole nitrogens is 1. The third kappa shape index (κ3) is 3.71. The Balaban J connectivity index is 2.86. The highest BCUT2D eigenvalue weighted by atomic mass is 32.2. The monoisotopic (exact) mass is 292 g/mol. The predicted molar refractivity (Wildman–Crippen MR) is 74.0 cm³/mol. The second kappa shape index (κ2) is 6.55. The van der Waals surface area contributed by atoms with E-state index in [2.05, 4.69) is 14.9 Å². The van der Waals surface area contributed by atoms with Crippen LogP contribution in [0.15, 0.2) is 5.03 Å². The van der Waals surface area contributed by atoms with E-state index in [1.54, 1.807) is 18.7 Å². The maximum Gasteiger partial charge on any atom is 0.260 e. The van der Waals surface area contributed by atoms with Crippen LogP contribution < -0.4 is 10.5 Å². The minimum Gasteiger partial charge on any atom is -0.326 e. The summed E-state index contributed by atoms with van der Waals surface area (Å²) in [5, 5.41) is 6.50. The Kier molecular flexibility index (Phi) is 5.64. The molecule has 0 saturated heterocycles. The number of aryl methyl sites for hydroxylation is 1. The van der Waals surface area contributed by atoms with Gasteiger partial charge in [0, 0.05) is 29.6 Å². The number of aromatic nitrogens is 2. The second-order valence-electron chi connectivity index (χ2n) is 4.02. The number of nitrogens with zero attached hydrogens (tertiary/aromatic N) is 1. The Morgan fingerprint density at radius 3 is 2.78 bits per heavy atom. The van der Waals surface area contributed by atoms with Crippen molar-refractivity contribution < 1.29 is 8.42 Å². The molecular formula is C10H20N4O2S2. The van der Waals surface area contributed by atoms with E-state index in [-0.39, 0.29) is 17.6 Å². The number of hydrogen-bond donors (Lipinski definition) is 3. The Hall–Kier alpha value is -0.570. The van der Waals surface area contributed by atoms with Crippen molar-refractivity contribution in [1.29, 1.82) is 0 Å². The number of nitrogens with one attached hydrogen (secondary N) is 2. The standard InChI is InChI=1S/C10H20N4O2S2/c1-4-17-6-7(2)14-18(15,16)10-9(5-11)8(3)12-13-10/h7,14H,4-6,11H2,1-3H3,(H,12,13). The lowest BCUT2D eigenvalue weighted by Crippen LogP contribution is -2.35. The lowest BCUT2D eigenvalue weighted by Gasteiger charge is -2.12. The molecule has 0 bridgehead atoms. The van der Waals surface area contributed by atoms with Crippen molar-refractivity contribution in [3.8, 4) is 0 Å². The van der Waals surface area contributed by atoms with Gasteiger partial charge in [-0.15, -0.1) is 0 Å². The molecule has 0 aromatic carbocycles. The summed E-state index contributed by atoms with van der Waals surface area (Å²) in [7, 11) is -3.60. The molecule has 8 heteroatoms. The number of sulfonamides is 1. The minimum absolute atomic E-state index is 0.0100. The third-order valence-corrected chi connectivity index (χ3v) is 5.13. The van der Waals surface area contributed by atoms with E-state index < -0.39 is 10.0 Å². The molecule has 6 nitrogen and oxygen atoms in total. The topological polar surface area (TPSA) is 101 Å². The van der Waals surface area contributed by atoms with Crippen LogP contribution in [0.4, 0.5) is 0 Å². The van der Waals surface area contributed by atoms with Gasteiger partial charge >= 0.3 is 0 Å². The van der Waals surface area contributed by atoms with Crippen molar-refractivity contribution >= 4 is 21.8 Å². The molecule has 1 aromatic rings. The number of rotatable bonds is 7. The van der Waals surface area contributed by atoms with Crippen LogP contribution in [0.25, 0.3) is 0 Å². The minimum atomic E-state index is -3.60. The normalized spacial score (nSPS) is 13.8. The van der Waals surface area contributed by atoms with Gasteiger partial charge in [-0.1, -0.05) is 6.92 Å². The summed E-state index contributed by atoms with van der Waals surface area (Å²) >= 11 is 1.69. The molecule has 104 valence electrons. The highest BCUT2D eigenvalue weighted by Crippen LogP contribution is 2.16. The first kappa shape index (κ1) is 15.5. The fraction of sp³-hybridized carbons (Fsp3) is 0.700. The molecule has 0 saturated carbocycles. The molecular weight excluding hydrogens is 272 g/mol. The van der Waals surface area contributed by atoms with Gasteiger partial charge in [-0.2, -0.15) is 16.9 Å². The molecule has 0 amide bonds. The number of nitrogens with two attached hydrogens (primary N) is 1. The Labute approximate surface area is 112 Å². The average molecular weight is 292 g/mol. The quantitative estimate of drug-likeness (QED) is 0.683. The van der Waals surface area contributed by atoms with Gasteiger partial charge in [0.15, 0.2) is 5.03 Å². The lowest BCUT2D eigenvalue weighted by atomic mass is 10.3. The van der Waals surface area contributed by atoms with Crippen molar-refractivity contribution in [3.63, 3.8) is 0 Å². The highest BCUT2D eigenvalue weighted by Gasteiger charge is 2.24. The lowest BCUT2D eigenvalue weighted by molar-refractivity contribution is 0.565. The van der Waals surface area contributed by atoms with Crippen molar-refractivity contribution in [3.05, 3.63) is 11.3 Å². The number of hydrogen-bond acceptors (Lipinski definition) is 5. The summed E-state index contributed by atoms with van der Waals surface area (Å²) in [4.78, 5) is 0. The van der Waals surface area contributed by atoms with Crippen LogP contribution in [0.2, 0.25) is 0 Å². The Bertz CT molecular complexity index is 484. The Morgan fingerprint density at radius 2 is 2.22 bits per heavy atom. The zero-order valence-electron chi connectivity index (χ0n) is 10.9. The van der Waals surface area contributed by atoms with E-state index in [0.29, 0.717) is 11.3 Å². The predicted octanol–water partition coefficient (Wildman–Crippen LogP) is 0.597. The van der Waals surface area contributed by atoms with Crippen LogP contribution in [-0.4, -0.2) is 36.2 Å². The maximum absolute atomic E-state index is 12.1. The first-order valence-corrected chi connectivity index (χ1v) is 8.40. The summed E-state index contributed by atoms with van der Waals surface area (Å²) in [5.74, 6) is 1.69. The molecule has 1 rings (SSSR count). The average Bonchev–Trinajstić information content (AvgIpc) is 2.67. The van der Waals surface area contributed by atoms with E-state index >= 15 is 0 Å².